The predicted molar refractivity (Wildman–Crippen MR) is 207 cm³/mol. The lowest BCUT2D eigenvalue weighted by Gasteiger charge is -2.44. The van der Waals surface area contributed by atoms with Crippen LogP contribution < -0.4 is 0 Å². The lowest BCUT2D eigenvalue weighted by atomic mass is 9.62. The van der Waals surface area contributed by atoms with Crippen molar-refractivity contribution in [2.24, 2.45) is 20.0 Å². The molecule has 0 saturated carbocycles. The lowest BCUT2D eigenvalue weighted by molar-refractivity contribution is 0.420. The summed E-state index contributed by atoms with van der Waals surface area (Å²) >= 11 is 0. The van der Waals surface area contributed by atoms with Gasteiger partial charge in [0.15, 0.2) is 22.7 Å². The molecule has 242 valence electrons. The van der Waals surface area contributed by atoms with Gasteiger partial charge in [0.1, 0.15) is 0 Å². The van der Waals surface area contributed by atoms with Crippen LogP contribution in [0.25, 0.3) is 0 Å². The molecule has 2 atom stereocenters. The van der Waals surface area contributed by atoms with Gasteiger partial charge in [0, 0.05) is 11.1 Å². The minimum Gasteiger partial charge on any atom is -0.245 e. The van der Waals surface area contributed by atoms with E-state index in [1.807, 2.05) is 12.1 Å². The second-order valence-electron chi connectivity index (χ2n) is 12.8. The van der Waals surface area contributed by atoms with Crippen molar-refractivity contribution in [3.63, 3.8) is 0 Å². The molecule has 0 saturated heterocycles. The van der Waals surface area contributed by atoms with Crippen molar-refractivity contribution in [1.82, 2.24) is 0 Å². The van der Waals surface area contributed by atoms with Gasteiger partial charge in [-0.05, 0) is 58.4 Å². The molecular formula is C46H38N4. The molecule has 0 spiro atoms. The quantitative estimate of drug-likeness (QED) is 0.150. The Morgan fingerprint density at radius 2 is 0.720 bits per heavy atom. The minimum absolute atomic E-state index is 0.683. The molecule has 4 nitrogen and oxygen atoms in total. The summed E-state index contributed by atoms with van der Waals surface area (Å²) in [6, 6.07) is 59.3. The molecule has 2 heterocycles. The molecule has 0 amide bonds. The van der Waals surface area contributed by atoms with Crippen molar-refractivity contribution in [2.45, 2.75) is 37.8 Å². The zero-order valence-corrected chi connectivity index (χ0v) is 28.4. The van der Waals surface area contributed by atoms with E-state index in [0.717, 1.165) is 57.6 Å². The van der Waals surface area contributed by atoms with E-state index in [4.69, 9.17) is 20.0 Å². The number of hydrogen-bond donors (Lipinski definition) is 0. The Labute approximate surface area is 294 Å². The summed E-state index contributed by atoms with van der Waals surface area (Å²) in [5.74, 6) is 1.37. The first-order valence-corrected chi connectivity index (χ1v) is 17.4. The summed E-state index contributed by atoms with van der Waals surface area (Å²) in [6.45, 7) is 4.36. The Bertz CT molecular complexity index is 2110. The third kappa shape index (κ3) is 5.16. The first-order chi connectivity index (χ1) is 24.7. The van der Waals surface area contributed by atoms with Crippen molar-refractivity contribution in [2.75, 3.05) is 0 Å². The fourth-order valence-corrected chi connectivity index (χ4v) is 7.39. The number of amidine groups is 2. The third-order valence-electron chi connectivity index (χ3n) is 9.86. The van der Waals surface area contributed by atoms with E-state index >= 15 is 0 Å². The van der Waals surface area contributed by atoms with Crippen LogP contribution in [0.4, 0.5) is 0 Å². The number of benzene rings is 6. The highest BCUT2D eigenvalue weighted by Gasteiger charge is 2.64. The summed E-state index contributed by atoms with van der Waals surface area (Å²) < 4.78 is 0. The SMILES string of the molecule is CCc1cccc(C2=NC(c3ccccc3)(C3(c4ccccc4)N=C(c4cccc(CC)c4)N=C3c3ccccc3)C(c3ccccc3)=N2)c1. The summed E-state index contributed by atoms with van der Waals surface area (Å²) in [4.78, 5) is 22.9. The van der Waals surface area contributed by atoms with Crippen LogP contribution in [0.15, 0.2) is 190 Å². The predicted octanol–water partition coefficient (Wildman–Crippen LogP) is 9.80. The maximum atomic E-state index is 5.89. The Kier molecular flexibility index (Phi) is 8.22. The van der Waals surface area contributed by atoms with Crippen molar-refractivity contribution >= 4 is 23.1 Å². The van der Waals surface area contributed by atoms with Crippen molar-refractivity contribution in [3.8, 4) is 0 Å². The molecular weight excluding hydrogens is 609 g/mol. The maximum absolute atomic E-state index is 5.89. The van der Waals surface area contributed by atoms with E-state index in [9.17, 15) is 0 Å². The standard InChI is InChI=1S/C46H38N4/c1-3-33-19-17-25-37(31-33)43-47-41(35-21-9-5-10-22-35)45(49-43,39-27-13-7-14-28-39)46(40-29-15-8-16-30-40)42(36-23-11-6-12-24-36)48-44(50-46)38-26-18-20-34(4-2)32-38/h5-32H,3-4H2,1-2H3. The average molecular weight is 647 g/mol. The Balaban J connectivity index is 1.55. The lowest BCUT2D eigenvalue weighted by Crippen LogP contribution is -2.55. The van der Waals surface area contributed by atoms with Gasteiger partial charge >= 0.3 is 0 Å². The molecule has 0 bridgehead atoms. The van der Waals surface area contributed by atoms with E-state index in [1.165, 1.54) is 11.1 Å². The third-order valence-corrected chi connectivity index (χ3v) is 9.86. The Morgan fingerprint density at radius 3 is 1.08 bits per heavy atom. The zero-order valence-electron chi connectivity index (χ0n) is 28.4. The molecule has 0 aromatic heterocycles. The highest BCUT2D eigenvalue weighted by Crippen LogP contribution is 2.55. The van der Waals surface area contributed by atoms with E-state index in [0.29, 0.717) is 11.7 Å². The smallest absolute Gasteiger partial charge is 0.165 e. The molecule has 8 rings (SSSR count). The molecule has 2 aliphatic rings. The number of rotatable bonds is 9. The van der Waals surface area contributed by atoms with Crippen LogP contribution in [0.2, 0.25) is 0 Å². The molecule has 50 heavy (non-hydrogen) atoms. The highest BCUT2D eigenvalue weighted by molar-refractivity contribution is 6.29. The number of hydrogen-bond acceptors (Lipinski definition) is 4. The topological polar surface area (TPSA) is 49.4 Å². The monoisotopic (exact) mass is 646 g/mol. The van der Waals surface area contributed by atoms with Gasteiger partial charge in [-0.3, -0.25) is 0 Å². The maximum Gasteiger partial charge on any atom is 0.165 e. The molecule has 2 aliphatic heterocycles. The van der Waals surface area contributed by atoms with Crippen LogP contribution in [-0.4, -0.2) is 23.1 Å². The molecule has 0 radical (unpaired) electrons. The van der Waals surface area contributed by atoms with Crippen LogP contribution in [-0.2, 0) is 23.9 Å². The van der Waals surface area contributed by atoms with E-state index < -0.39 is 11.1 Å². The van der Waals surface area contributed by atoms with Gasteiger partial charge in [-0.1, -0.05) is 172 Å². The second kappa shape index (κ2) is 13.1. The number of aryl methyl sites for hydroxylation is 2. The largest absolute Gasteiger partial charge is 0.245 e. The van der Waals surface area contributed by atoms with Gasteiger partial charge in [0.25, 0.3) is 0 Å². The second-order valence-corrected chi connectivity index (χ2v) is 12.8. The molecule has 6 aromatic rings. The first-order valence-electron chi connectivity index (χ1n) is 17.4. The Hall–Kier alpha value is -6.00. The zero-order chi connectivity index (χ0) is 34.0. The van der Waals surface area contributed by atoms with Gasteiger partial charge < -0.3 is 0 Å². The van der Waals surface area contributed by atoms with Crippen LogP contribution in [0.1, 0.15) is 58.4 Å². The Morgan fingerprint density at radius 1 is 0.380 bits per heavy atom. The van der Waals surface area contributed by atoms with Crippen LogP contribution >= 0.6 is 0 Å². The summed E-state index contributed by atoms with van der Waals surface area (Å²) in [5, 5.41) is 0. The van der Waals surface area contributed by atoms with E-state index in [-0.39, 0.29) is 0 Å². The normalized spacial score (nSPS) is 19.8. The van der Waals surface area contributed by atoms with Gasteiger partial charge in [-0.15, -0.1) is 0 Å². The molecule has 0 N–H and O–H groups in total. The summed E-state index contributed by atoms with van der Waals surface area (Å²) in [6.07, 6.45) is 1.84. The number of aliphatic imine (C=N–C) groups is 4. The summed E-state index contributed by atoms with van der Waals surface area (Å²) in [5.41, 5.74) is 7.77. The molecule has 6 aromatic carbocycles. The van der Waals surface area contributed by atoms with Gasteiger partial charge in [-0.25, -0.2) is 20.0 Å². The van der Waals surface area contributed by atoms with Gasteiger partial charge in [0.05, 0.1) is 11.4 Å². The minimum atomic E-state index is -1.15. The van der Waals surface area contributed by atoms with Crippen LogP contribution in [0.5, 0.6) is 0 Å². The number of nitrogens with zero attached hydrogens (tertiary/aromatic N) is 4. The van der Waals surface area contributed by atoms with Gasteiger partial charge in [0.2, 0.25) is 0 Å². The van der Waals surface area contributed by atoms with Crippen molar-refractivity contribution in [3.05, 3.63) is 214 Å². The fourth-order valence-electron chi connectivity index (χ4n) is 7.39. The first kappa shape index (κ1) is 31.3. The van der Waals surface area contributed by atoms with Crippen LogP contribution in [0.3, 0.4) is 0 Å². The molecule has 0 fully saturated rings. The highest BCUT2D eigenvalue weighted by atomic mass is 15.2. The van der Waals surface area contributed by atoms with Crippen molar-refractivity contribution in [1.29, 1.82) is 0 Å². The van der Waals surface area contributed by atoms with E-state index in [2.05, 4.69) is 172 Å². The van der Waals surface area contributed by atoms with E-state index in [1.54, 1.807) is 0 Å². The fraction of sp³-hybridized carbons (Fsp3) is 0.130. The van der Waals surface area contributed by atoms with Crippen molar-refractivity contribution < 1.29 is 0 Å². The molecule has 0 aliphatic carbocycles. The average Bonchev–Trinajstić information content (AvgIpc) is 3.82. The van der Waals surface area contributed by atoms with Crippen LogP contribution in [0, 0.1) is 0 Å². The molecule has 2 unspecified atom stereocenters. The molecule has 4 heteroatoms. The van der Waals surface area contributed by atoms with Gasteiger partial charge in [-0.2, -0.15) is 0 Å². The summed E-state index contributed by atoms with van der Waals surface area (Å²) in [7, 11) is 0.